The molecule has 1 amide bonds. The van der Waals surface area contributed by atoms with Gasteiger partial charge in [-0.15, -0.1) is 11.8 Å². The number of primary amides is 1. The van der Waals surface area contributed by atoms with E-state index < -0.39 is 17.8 Å². The van der Waals surface area contributed by atoms with Crippen molar-refractivity contribution in [3.8, 4) is 5.75 Å². The monoisotopic (exact) mass is 345 g/mol. The van der Waals surface area contributed by atoms with Gasteiger partial charge in [0.1, 0.15) is 5.75 Å². The van der Waals surface area contributed by atoms with Crippen LogP contribution >= 0.6 is 11.8 Å². The van der Waals surface area contributed by atoms with E-state index in [1.165, 1.54) is 43.1 Å². The summed E-state index contributed by atoms with van der Waals surface area (Å²) in [7, 11) is 1.29. The van der Waals surface area contributed by atoms with Gasteiger partial charge in [-0.1, -0.05) is 12.1 Å². The molecule has 0 unspecified atom stereocenters. The van der Waals surface area contributed by atoms with E-state index in [1.54, 1.807) is 24.3 Å². The zero-order chi connectivity index (χ0) is 17.5. The number of thioether (sulfide) groups is 1. The van der Waals surface area contributed by atoms with Gasteiger partial charge >= 0.3 is 11.9 Å². The molecule has 2 N–H and O–H groups in total. The first-order valence-electron chi connectivity index (χ1n) is 6.92. The summed E-state index contributed by atoms with van der Waals surface area (Å²) in [6, 6.07) is 12.8. The molecule has 0 bridgehead atoms. The molecule has 24 heavy (non-hydrogen) atoms. The normalized spacial score (nSPS) is 10.0. The second-order valence-electron chi connectivity index (χ2n) is 4.66. The maximum Gasteiger partial charge on any atom is 0.344 e. The first-order valence-corrected chi connectivity index (χ1v) is 7.90. The van der Waals surface area contributed by atoms with E-state index in [-0.39, 0.29) is 5.75 Å². The molecule has 0 aromatic heterocycles. The summed E-state index contributed by atoms with van der Waals surface area (Å²) < 4.78 is 9.90. The van der Waals surface area contributed by atoms with Gasteiger partial charge in [-0.25, -0.2) is 9.59 Å². The van der Waals surface area contributed by atoms with Crippen molar-refractivity contribution in [3.05, 3.63) is 59.7 Å². The van der Waals surface area contributed by atoms with Crippen LogP contribution in [0.3, 0.4) is 0 Å². The lowest BCUT2D eigenvalue weighted by Gasteiger charge is -2.09. The van der Waals surface area contributed by atoms with Gasteiger partial charge in [-0.05, 0) is 36.4 Å². The fourth-order valence-electron chi connectivity index (χ4n) is 1.85. The van der Waals surface area contributed by atoms with E-state index in [2.05, 4.69) is 4.74 Å². The third kappa shape index (κ3) is 4.60. The van der Waals surface area contributed by atoms with Gasteiger partial charge < -0.3 is 15.2 Å². The number of benzene rings is 2. The van der Waals surface area contributed by atoms with Crippen molar-refractivity contribution in [3.63, 3.8) is 0 Å². The zero-order valence-electron chi connectivity index (χ0n) is 12.9. The number of amides is 1. The standard InChI is InChI=1S/C17H15NO5S/c1-22-16(20)11-6-8-12(9-7-11)23-17(21)13-4-2-3-5-14(13)24-10-15(18)19/h2-9H,10H2,1H3,(H2,18,19). The number of esters is 2. The summed E-state index contributed by atoms with van der Waals surface area (Å²) in [5.74, 6) is -1.14. The number of rotatable bonds is 6. The highest BCUT2D eigenvalue weighted by Gasteiger charge is 2.15. The molecule has 124 valence electrons. The Morgan fingerprint density at radius 3 is 2.29 bits per heavy atom. The SMILES string of the molecule is COC(=O)c1ccc(OC(=O)c2ccccc2SCC(N)=O)cc1. The predicted molar refractivity (Wildman–Crippen MR) is 89.1 cm³/mol. The average molecular weight is 345 g/mol. The van der Waals surface area contributed by atoms with Gasteiger partial charge in [-0.2, -0.15) is 0 Å². The number of nitrogens with two attached hydrogens (primary N) is 1. The molecule has 0 radical (unpaired) electrons. The van der Waals surface area contributed by atoms with Crippen molar-refractivity contribution in [1.82, 2.24) is 0 Å². The third-order valence-corrected chi connectivity index (χ3v) is 4.06. The summed E-state index contributed by atoms with van der Waals surface area (Å²) in [5, 5.41) is 0. The van der Waals surface area contributed by atoms with Crippen LogP contribution in [0.2, 0.25) is 0 Å². The van der Waals surface area contributed by atoms with E-state index >= 15 is 0 Å². The molecule has 0 saturated carbocycles. The van der Waals surface area contributed by atoms with E-state index in [4.69, 9.17) is 10.5 Å². The van der Waals surface area contributed by atoms with Gasteiger partial charge in [0.05, 0.1) is 24.0 Å². The summed E-state index contributed by atoms with van der Waals surface area (Å²) >= 11 is 1.17. The molecule has 7 heteroatoms. The Balaban J connectivity index is 2.12. The first kappa shape index (κ1) is 17.6. The molecule has 0 aliphatic carbocycles. The Morgan fingerprint density at radius 2 is 1.67 bits per heavy atom. The minimum atomic E-state index is -0.562. The molecular formula is C17H15NO5S. The van der Waals surface area contributed by atoms with Gasteiger partial charge in [0.15, 0.2) is 0 Å². The van der Waals surface area contributed by atoms with Crippen LogP contribution in [-0.4, -0.2) is 30.7 Å². The Bertz CT molecular complexity index is 758. The maximum atomic E-state index is 12.3. The summed E-state index contributed by atoms with van der Waals surface area (Å²) in [6.45, 7) is 0. The van der Waals surface area contributed by atoms with Crippen molar-refractivity contribution in [2.24, 2.45) is 5.73 Å². The van der Waals surface area contributed by atoms with Crippen molar-refractivity contribution in [2.45, 2.75) is 4.90 Å². The van der Waals surface area contributed by atoms with Crippen LogP contribution in [0.25, 0.3) is 0 Å². The quantitative estimate of drug-likeness (QED) is 0.490. The number of hydrogen-bond donors (Lipinski definition) is 1. The third-order valence-electron chi connectivity index (χ3n) is 2.96. The molecule has 2 aromatic carbocycles. The fourth-order valence-corrected chi connectivity index (χ4v) is 2.63. The van der Waals surface area contributed by atoms with Crippen LogP contribution in [0.15, 0.2) is 53.4 Å². The number of methoxy groups -OCH3 is 1. The van der Waals surface area contributed by atoms with Crippen molar-refractivity contribution in [1.29, 1.82) is 0 Å². The lowest BCUT2D eigenvalue weighted by atomic mass is 10.2. The minimum Gasteiger partial charge on any atom is -0.465 e. The number of carbonyl (C=O) groups is 3. The molecule has 2 aromatic rings. The molecule has 6 nitrogen and oxygen atoms in total. The highest BCUT2D eigenvalue weighted by molar-refractivity contribution is 8.00. The average Bonchev–Trinajstić information content (AvgIpc) is 2.60. The van der Waals surface area contributed by atoms with E-state index in [1.807, 2.05) is 0 Å². The lowest BCUT2D eigenvalue weighted by Crippen LogP contribution is -2.14. The molecule has 0 heterocycles. The van der Waals surface area contributed by atoms with Crippen LogP contribution in [0.4, 0.5) is 0 Å². The molecular weight excluding hydrogens is 330 g/mol. The van der Waals surface area contributed by atoms with Crippen LogP contribution in [0, 0.1) is 0 Å². The summed E-state index contributed by atoms with van der Waals surface area (Å²) in [5.41, 5.74) is 5.82. The second kappa shape index (κ2) is 8.16. The van der Waals surface area contributed by atoms with Crippen LogP contribution in [0.5, 0.6) is 5.75 Å². The number of ether oxygens (including phenoxy) is 2. The smallest absolute Gasteiger partial charge is 0.344 e. The van der Waals surface area contributed by atoms with Crippen LogP contribution < -0.4 is 10.5 Å². The molecule has 2 rings (SSSR count). The van der Waals surface area contributed by atoms with Gasteiger partial charge in [0, 0.05) is 4.90 Å². The van der Waals surface area contributed by atoms with E-state index in [0.717, 1.165) is 0 Å². The molecule has 0 saturated heterocycles. The Hall–Kier alpha value is -2.80. The maximum absolute atomic E-state index is 12.3. The molecule has 0 aliphatic heterocycles. The zero-order valence-corrected chi connectivity index (χ0v) is 13.7. The van der Waals surface area contributed by atoms with Crippen LogP contribution in [-0.2, 0) is 9.53 Å². The molecule has 0 atom stereocenters. The van der Waals surface area contributed by atoms with E-state index in [0.29, 0.717) is 21.8 Å². The molecule has 0 fully saturated rings. The van der Waals surface area contributed by atoms with Crippen LogP contribution in [0.1, 0.15) is 20.7 Å². The Morgan fingerprint density at radius 1 is 1.00 bits per heavy atom. The summed E-state index contributed by atoms with van der Waals surface area (Å²) in [6.07, 6.45) is 0. The molecule has 0 aliphatic rings. The second-order valence-corrected chi connectivity index (χ2v) is 5.67. The van der Waals surface area contributed by atoms with Crippen molar-refractivity contribution >= 4 is 29.6 Å². The first-order chi connectivity index (χ1) is 11.5. The number of hydrogen-bond acceptors (Lipinski definition) is 6. The predicted octanol–water partition coefficient (Wildman–Crippen LogP) is 2.27. The highest BCUT2D eigenvalue weighted by atomic mass is 32.2. The van der Waals surface area contributed by atoms with Gasteiger partial charge in [-0.3, -0.25) is 4.79 Å². The highest BCUT2D eigenvalue weighted by Crippen LogP contribution is 2.24. The van der Waals surface area contributed by atoms with Gasteiger partial charge in [0.25, 0.3) is 0 Å². The summed E-state index contributed by atoms with van der Waals surface area (Å²) in [4.78, 5) is 35.2. The number of carbonyl (C=O) groups excluding carboxylic acids is 3. The Labute approximate surface area is 142 Å². The largest absolute Gasteiger partial charge is 0.465 e. The van der Waals surface area contributed by atoms with Crippen molar-refractivity contribution in [2.75, 3.05) is 12.9 Å². The Kier molecular flexibility index (Phi) is 5.97. The van der Waals surface area contributed by atoms with Crippen molar-refractivity contribution < 1.29 is 23.9 Å². The lowest BCUT2D eigenvalue weighted by molar-refractivity contribution is -0.115. The van der Waals surface area contributed by atoms with Gasteiger partial charge in [0.2, 0.25) is 5.91 Å². The fraction of sp³-hybridized carbons (Fsp3) is 0.118. The topological polar surface area (TPSA) is 95.7 Å². The van der Waals surface area contributed by atoms with E-state index in [9.17, 15) is 14.4 Å². The molecule has 0 spiro atoms. The minimum absolute atomic E-state index is 0.0676.